The van der Waals surface area contributed by atoms with Crippen molar-refractivity contribution in [2.75, 3.05) is 0 Å². The Balaban J connectivity index is 1.82. The maximum absolute atomic E-state index is 12.4. The lowest BCUT2D eigenvalue weighted by atomic mass is 10.0. The third-order valence-electron chi connectivity index (χ3n) is 4.62. The van der Waals surface area contributed by atoms with Gasteiger partial charge in [0.2, 0.25) is 12.6 Å². The van der Waals surface area contributed by atoms with Crippen LogP contribution in [-0.4, -0.2) is 75.4 Å². The fourth-order valence-electron chi connectivity index (χ4n) is 2.89. The second kappa shape index (κ2) is 9.38. The van der Waals surface area contributed by atoms with Gasteiger partial charge in [-0.3, -0.25) is 9.29 Å². The van der Waals surface area contributed by atoms with Crippen LogP contribution in [0.4, 0.5) is 0 Å². The van der Waals surface area contributed by atoms with Crippen LogP contribution in [0.3, 0.4) is 0 Å². The number of aliphatic hydroxyl groups excluding tert-OH is 4. The molecule has 12 nitrogen and oxygen atoms in total. The van der Waals surface area contributed by atoms with Crippen molar-refractivity contribution in [3.63, 3.8) is 0 Å². The summed E-state index contributed by atoms with van der Waals surface area (Å²) in [6.07, 6.45) is -9.14. The minimum absolute atomic E-state index is 0.0891. The van der Waals surface area contributed by atoms with Crippen LogP contribution in [0.2, 0.25) is 0 Å². The van der Waals surface area contributed by atoms with Gasteiger partial charge in [0, 0.05) is 5.56 Å². The summed E-state index contributed by atoms with van der Waals surface area (Å²) in [5.41, 5.74) is -0.357. The van der Waals surface area contributed by atoms with Gasteiger partial charge in [0.15, 0.2) is 0 Å². The summed E-state index contributed by atoms with van der Waals surface area (Å²) in [4.78, 5) is 11.7. The number of phenols is 1. The van der Waals surface area contributed by atoms with Crippen LogP contribution in [-0.2, 0) is 26.2 Å². The van der Waals surface area contributed by atoms with Gasteiger partial charge in [-0.15, -0.1) is 0 Å². The highest BCUT2D eigenvalue weighted by Crippen LogP contribution is 2.29. The number of hydrogen-bond acceptors (Lipinski definition) is 11. The van der Waals surface area contributed by atoms with Crippen molar-refractivity contribution in [2.24, 2.45) is 0 Å². The van der Waals surface area contributed by atoms with Crippen molar-refractivity contribution >= 4 is 16.1 Å². The lowest BCUT2D eigenvalue weighted by molar-refractivity contribution is -0.319. The largest absolute Gasteiger partial charge is 0.507 e. The zero-order valence-electron chi connectivity index (χ0n) is 16.2. The maximum atomic E-state index is 12.4. The van der Waals surface area contributed by atoms with E-state index in [0.29, 0.717) is 11.6 Å². The van der Waals surface area contributed by atoms with Gasteiger partial charge in [0.25, 0.3) is 10.1 Å². The number of hydrogen-bond donors (Lipinski definition) is 6. The van der Waals surface area contributed by atoms with E-state index in [4.69, 9.17) is 18.8 Å². The predicted molar refractivity (Wildman–Crippen MR) is 103 cm³/mol. The third kappa shape index (κ3) is 4.99. The number of carbonyl (C=O) groups is 1. The Kier molecular flexibility index (Phi) is 7.00. The molecule has 0 aliphatic carbocycles. The van der Waals surface area contributed by atoms with Gasteiger partial charge in [0.05, 0.1) is 11.5 Å². The second-order valence-electron chi connectivity index (χ2n) is 6.79. The van der Waals surface area contributed by atoms with Crippen LogP contribution in [0.15, 0.2) is 47.4 Å². The molecule has 2 aromatic carbocycles. The molecule has 0 spiro atoms. The van der Waals surface area contributed by atoms with E-state index < -0.39 is 69.8 Å². The number of para-hydroxylation sites is 1. The van der Waals surface area contributed by atoms with Gasteiger partial charge >= 0.3 is 5.97 Å². The molecule has 1 aliphatic rings. The predicted octanol–water partition coefficient (Wildman–Crippen LogP) is -0.868. The molecule has 1 saturated heterocycles. The second-order valence-corrected chi connectivity index (χ2v) is 8.21. The molecule has 3 rings (SSSR count). The molecule has 0 saturated carbocycles. The SMILES string of the molecule is O=C(O[C@H]1O[C@@H](Oc2ccccc2CO)[C@H](O)[C@@H](O)[C@@H]1O)c1cc(S(=O)(=O)O)ccc1O. The van der Waals surface area contributed by atoms with Gasteiger partial charge in [-0.25, -0.2) is 4.79 Å². The first-order valence-corrected chi connectivity index (χ1v) is 10.5. The molecule has 13 heteroatoms. The lowest BCUT2D eigenvalue weighted by Gasteiger charge is -2.39. The van der Waals surface area contributed by atoms with Crippen molar-refractivity contribution in [2.45, 2.75) is 42.4 Å². The number of esters is 1. The van der Waals surface area contributed by atoms with E-state index in [9.17, 15) is 38.7 Å². The summed E-state index contributed by atoms with van der Waals surface area (Å²) >= 11 is 0. The molecule has 0 bridgehead atoms. The van der Waals surface area contributed by atoms with Crippen LogP contribution in [0, 0.1) is 0 Å². The summed E-state index contributed by atoms with van der Waals surface area (Å²) < 4.78 is 47.3. The van der Waals surface area contributed by atoms with Crippen LogP contribution in [0.25, 0.3) is 0 Å². The quantitative estimate of drug-likeness (QED) is 0.225. The van der Waals surface area contributed by atoms with Crippen molar-refractivity contribution in [3.8, 4) is 11.5 Å². The molecule has 174 valence electrons. The van der Waals surface area contributed by atoms with Crippen LogP contribution in [0.1, 0.15) is 15.9 Å². The Hall–Kier alpha value is -2.78. The number of benzene rings is 2. The van der Waals surface area contributed by atoms with E-state index in [0.717, 1.165) is 12.1 Å². The Morgan fingerprint density at radius 2 is 1.66 bits per heavy atom. The van der Waals surface area contributed by atoms with Gasteiger partial charge in [-0.05, 0) is 24.3 Å². The first-order chi connectivity index (χ1) is 15.0. The Bertz CT molecular complexity index is 1090. The summed E-state index contributed by atoms with van der Waals surface area (Å²) in [6, 6.07) is 8.46. The fraction of sp³-hybridized carbons (Fsp3) is 0.316. The van der Waals surface area contributed by atoms with E-state index in [-0.39, 0.29) is 5.75 Å². The average molecular weight is 472 g/mol. The molecule has 0 amide bonds. The van der Waals surface area contributed by atoms with E-state index in [1.807, 2.05) is 0 Å². The molecule has 2 aromatic rings. The van der Waals surface area contributed by atoms with E-state index in [2.05, 4.69) is 0 Å². The van der Waals surface area contributed by atoms with Crippen LogP contribution >= 0.6 is 0 Å². The monoisotopic (exact) mass is 472 g/mol. The molecule has 1 fully saturated rings. The topological polar surface area (TPSA) is 200 Å². The standard InChI is InChI=1S/C19H20O12S/c20-8-9-3-1-2-4-13(9)29-18-15(23)14(22)16(24)19(31-18)30-17(25)11-7-10(32(26,27)28)5-6-12(11)21/h1-7,14-16,18-24H,8H2,(H,26,27,28)/t14-,15-,16+,18-,19+/m1/s1. The van der Waals surface area contributed by atoms with Crippen molar-refractivity contribution in [1.29, 1.82) is 0 Å². The molecule has 32 heavy (non-hydrogen) atoms. The van der Waals surface area contributed by atoms with Gasteiger partial charge in [0.1, 0.15) is 35.4 Å². The van der Waals surface area contributed by atoms with Gasteiger partial charge in [-0.1, -0.05) is 18.2 Å². The average Bonchev–Trinajstić information content (AvgIpc) is 2.75. The first-order valence-electron chi connectivity index (χ1n) is 9.09. The van der Waals surface area contributed by atoms with Crippen LogP contribution in [0.5, 0.6) is 11.5 Å². The fourth-order valence-corrected chi connectivity index (χ4v) is 3.40. The highest BCUT2D eigenvalue weighted by Gasteiger charge is 2.47. The maximum Gasteiger partial charge on any atom is 0.344 e. The Labute approximate surface area is 181 Å². The summed E-state index contributed by atoms with van der Waals surface area (Å²) in [7, 11) is -4.70. The van der Waals surface area contributed by atoms with Crippen molar-refractivity contribution in [1.82, 2.24) is 0 Å². The normalized spacial score (nSPS) is 25.8. The number of aliphatic hydroxyl groups is 4. The highest BCUT2D eigenvalue weighted by atomic mass is 32.2. The minimum atomic E-state index is -4.70. The summed E-state index contributed by atoms with van der Waals surface area (Å²) in [6.45, 7) is -0.411. The van der Waals surface area contributed by atoms with Gasteiger partial charge in [-0.2, -0.15) is 8.42 Å². The number of aromatic hydroxyl groups is 1. The van der Waals surface area contributed by atoms with Gasteiger partial charge < -0.3 is 35.0 Å². The van der Waals surface area contributed by atoms with Crippen molar-refractivity contribution < 1.29 is 57.5 Å². The van der Waals surface area contributed by atoms with Crippen molar-refractivity contribution in [3.05, 3.63) is 53.6 Å². The van der Waals surface area contributed by atoms with E-state index >= 15 is 0 Å². The molecule has 0 aromatic heterocycles. The number of rotatable bonds is 6. The molecule has 0 unspecified atom stereocenters. The molecule has 6 N–H and O–H groups in total. The van der Waals surface area contributed by atoms with E-state index in [1.165, 1.54) is 12.1 Å². The molecule has 0 radical (unpaired) electrons. The lowest BCUT2D eigenvalue weighted by Crippen LogP contribution is -2.60. The molecule has 5 atom stereocenters. The van der Waals surface area contributed by atoms with E-state index in [1.54, 1.807) is 12.1 Å². The Morgan fingerprint density at radius 3 is 2.31 bits per heavy atom. The number of carbonyl (C=O) groups excluding carboxylic acids is 1. The Morgan fingerprint density at radius 1 is 1.00 bits per heavy atom. The molecule has 1 heterocycles. The zero-order valence-corrected chi connectivity index (χ0v) is 17.0. The minimum Gasteiger partial charge on any atom is -0.507 e. The third-order valence-corrected chi connectivity index (χ3v) is 5.47. The molecular weight excluding hydrogens is 452 g/mol. The summed E-state index contributed by atoms with van der Waals surface area (Å²) in [5.74, 6) is -1.97. The highest BCUT2D eigenvalue weighted by molar-refractivity contribution is 7.85. The number of phenolic OH excluding ortho intramolecular Hbond substituents is 1. The molecular formula is C19H20O12S. The molecule has 1 aliphatic heterocycles. The number of ether oxygens (including phenoxy) is 3. The van der Waals surface area contributed by atoms with Crippen LogP contribution < -0.4 is 4.74 Å². The zero-order chi connectivity index (χ0) is 23.6. The smallest absolute Gasteiger partial charge is 0.344 e. The first kappa shape index (κ1) is 23.9. The summed E-state index contributed by atoms with van der Waals surface area (Å²) in [5, 5.41) is 49.7.